The monoisotopic (exact) mass is 393 g/mol. The van der Waals surface area contributed by atoms with Gasteiger partial charge in [-0.25, -0.2) is 4.98 Å². The number of rotatable bonds is 4. The van der Waals surface area contributed by atoms with Crippen LogP contribution in [0, 0.1) is 19.8 Å². The highest BCUT2D eigenvalue weighted by molar-refractivity contribution is 6.00. The van der Waals surface area contributed by atoms with Gasteiger partial charge in [0.1, 0.15) is 6.10 Å². The Morgan fingerprint density at radius 1 is 1.10 bits per heavy atom. The quantitative estimate of drug-likeness (QED) is 0.801. The lowest BCUT2D eigenvalue weighted by molar-refractivity contribution is -0.137. The molecule has 4 rings (SSSR count). The minimum atomic E-state index is -0.266. The number of ether oxygens (including phenoxy) is 1. The van der Waals surface area contributed by atoms with E-state index in [0.717, 1.165) is 24.1 Å². The van der Waals surface area contributed by atoms with E-state index in [9.17, 15) is 9.59 Å². The largest absolute Gasteiger partial charge is 0.474 e. The van der Waals surface area contributed by atoms with Crippen LogP contribution < -0.4 is 9.64 Å². The van der Waals surface area contributed by atoms with E-state index in [1.807, 2.05) is 48.2 Å². The molecule has 2 amide bonds. The number of pyridine rings is 1. The third-order valence-electron chi connectivity index (χ3n) is 5.96. The van der Waals surface area contributed by atoms with Gasteiger partial charge in [-0.3, -0.25) is 9.59 Å². The van der Waals surface area contributed by atoms with Gasteiger partial charge in [-0.15, -0.1) is 0 Å². The van der Waals surface area contributed by atoms with Crippen molar-refractivity contribution >= 4 is 17.5 Å². The van der Waals surface area contributed by atoms with E-state index in [4.69, 9.17) is 4.74 Å². The number of amides is 2. The van der Waals surface area contributed by atoms with Gasteiger partial charge in [-0.2, -0.15) is 0 Å². The van der Waals surface area contributed by atoms with Gasteiger partial charge in [0.15, 0.2) is 0 Å². The van der Waals surface area contributed by atoms with Crippen molar-refractivity contribution in [2.24, 2.45) is 5.92 Å². The highest BCUT2D eigenvalue weighted by Crippen LogP contribution is 2.29. The summed E-state index contributed by atoms with van der Waals surface area (Å²) in [6.07, 6.45) is 3.64. The lowest BCUT2D eigenvalue weighted by Gasteiger charge is -2.33. The predicted octanol–water partition coefficient (Wildman–Crippen LogP) is 3.12. The molecule has 0 saturated carbocycles. The normalized spacial score (nSPS) is 20.2. The molecular weight excluding hydrogens is 366 g/mol. The molecule has 0 spiro atoms. The highest BCUT2D eigenvalue weighted by Gasteiger charge is 2.38. The summed E-state index contributed by atoms with van der Waals surface area (Å²) in [5.41, 5.74) is 3.24. The van der Waals surface area contributed by atoms with E-state index in [-0.39, 0.29) is 30.3 Å². The van der Waals surface area contributed by atoms with Gasteiger partial charge in [-0.1, -0.05) is 12.1 Å². The van der Waals surface area contributed by atoms with Crippen molar-refractivity contribution in [1.29, 1.82) is 0 Å². The second-order valence-electron chi connectivity index (χ2n) is 7.98. The third-order valence-corrected chi connectivity index (χ3v) is 5.96. The van der Waals surface area contributed by atoms with Crippen molar-refractivity contribution in [3.63, 3.8) is 0 Å². The van der Waals surface area contributed by atoms with Crippen LogP contribution in [0.1, 0.15) is 30.4 Å². The number of piperidine rings is 1. The van der Waals surface area contributed by atoms with Gasteiger partial charge >= 0.3 is 0 Å². The average molecular weight is 393 g/mol. The van der Waals surface area contributed by atoms with E-state index < -0.39 is 0 Å². The van der Waals surface area contributed by atoms with Crippen molar-refractivity contribution < 1.29 is 14.3 Å². The smallest absolute Gasteiger partial charge is 0.228 e. The Kier molecular flexibility index (Phi) is 5.51. The molecule has 3 heterocycles. The summed E-state index contributed by atoms with van der Waals surface area (Å²) in [5, 5.41) is 0. The van der Waals surface area contributed by atoms with Crippen LogP contribution in [-0.4, -0.2) is 47.4 Å². The molecule has 2 saturated heterocycles. The molecule has 2 aromatic rings. The number of likely N-dealkylation sites (tertiary alicyclic amines) is 1. The van der Waals surface area contributed by atoms with Crippen molar-refractivity contribution in [3.05, 3.63) is 53.7 Å². The van der Waals surface area contributed by atoms with E-state index >= 15 is 0 Å². The number of carbonyl (C=O) groups is 2. The number of hydrogen-bond acceptors (Lipinski definition) is 4. The molecule has 0 radical (unpaired) electrons. The molecule has 2 fully saturated rings. The first kappa shape index (κ1) is 19.4. The third kappa shape index (κ3) is 4.26. The second kappa shape index (κ2) is 8.23. The van der Waals surface area contributed by atoms with Gasteiger partial charge in [0.25, 0.3) is 0 Å². The minimum Gasteiger partial charge on any atom is -0.474 e. The van der Waals surface area contributed by atoms with Crippen molar-refractivity contribution in [3.8, 4) is 5.88 Å². The molecule has 1 aromatic heterocycles. The van der Waals surface area contributed by atoms with Crippen LogP contribution in [0.4, 0.5) is 5.69 Å². The molecule has 2 aliphatic heterocycles. The first-order valence-corrected chi connectivity index (χ1v) is 10.3. The van der Waals surface area contributed by atoms with Crippen LogP contribution in [0.15, 0.2) is 42.6 Å². The van der Waals surface area contributed by atoms with Crippen molar-refractivity contribution in [2.45, 2.75) is 39.2 Å². The SMILES string of the molecule is Cc1ccc(N2C[C@H](C(=O)N3CCC(Oc4ccccn4)CC3)CC2=O)cc1C. The maximum absolute atomic E-state index is 13.0. The number of aromatic nitrogens is 1. The van der Waals surface area contributed by atoms with Crippen LogP contribution in [0.2, 0.25) is 0 Å². The number of benzene rings is 1. The fourth-order valence-electron chi connectivity index (χ4n) is 4.06. The Morgan fingerprint density at radius 2 is 1.90 bits per heavy atom. The molecular formula is C23H27N3O3. The highest BCUT2D eigenvalue weighted by atomic mass is 16.5. The van der Waals surface area contributed by atoms with Crippen LogP contribution >= 0.6 is 0 Å². The Balaban J connectivity index is 1.33. The molecule has 6 heteroatoms. The molecule has 29 heavy (non-hydrogen) atoms. The maximum atomic E-state index is 13.0. The zero-order chi connectivity index (χ0) is 20.4. The molecule has 1 atom stereocenters. The summed E-state index contributed by atoms with van der Waals surface area (Å²) in [5.74, 6) is 0.473. The molecule has 0 aliphatic carbocycles. The first-order valence-electron chi connectivity index (χ1n) is 10.3. The van der Waals surface area contributed by atoms with Gasteiger partial charge < -0.3 is 14.5 Å². The standard InChI is InChI=1S/C23H27N3O3/c1-16-6-7-19(13-17(16)2)26-15-18(14-22(26)27)23(28)25-11-8-20(9-12-25)29-21-5-3-4-10-24-21/h3-7,10,13,18,20H,8-9,11-12,14-15H2,1-2H3/t18-/m1/s1. The van der Waals surface area contributed by atoms with E-state index in [1.165, 1.54) is 5.56 Å². The molecule has 6 nitrogen and oxygen atoms in total. The van der Waals surface area contributed by atoms with Gasteiger partial charge in [-0.05, 0) is 43.2 Å². The van der Waals surface area contributed by atoms with Gasteiger partial charge in [0, 0.05) is 56.8 Å². The molecule has 0 unspecified atom stereocenters. The van der Waals surface area contributed by atoms with Gasteiger partial charge in [0.05, 0.1) is 5.92 Å². The molecule has 0 bridgehead atoms. The van der Waals surface area contributed by atoms with Crippen LogP contribution in [0.5, 0.6) is 5.88 Å². The zero-order valence-electron chi connectivity index (χ0n) is 17.0. The lowest BCUT2D eigenvalue weighted by Crippen LogP contribution is -2.45. The zero-order valence-corrected chi connectivity index (χ0v) is 17.0. The van der Waals surface area contributed by atoms with E-state index in [0.29, 0.717) is 25.5 Å². The van der Waals surface area contributed by atoms with Crippen LogP contribution in [0.25, 0.3) is 0 Å². The second-order valence-corrected chi connectivity index (χ2v) is 7.98. The minimum absolute atomic E-state index is 0.0278. The Morgan fingerprint density at radius 3 is 2.59 bits per heavy atom. The lowest BCUT2D eigenvalue weighted by atomic mass is 10.0. The summed E-state index contributed by atoms with van der Waals surface area (Å²) >= 11 is 0. The van der Waals surface area contributed by atoms with Crippen LogP contribution in [0.3, 0.4) is 0 Å². The summed E-state index contributed by atoms with van der Waals surface area (Å²) in [4.78, 5) is 33.4. The summed E-state index contributed by atoms with van der Waals surface area (Å²) < 4.78 is 5.91. The average Bonchev–Trinajstić information content (AvgIpc) is 3.12. The van der Waals surface area contributed by atoms with Crippen molar-refractivity contribution in [2.75, 3.05) is 24.5 Å². The summed E-state index contributed by atoms with van der Waals surface area (Å²) in [7, 11) is 0. The topological polar surface area (TPSA) is 62.7 Å². The number of nitrogens with zero attached hydrogens (tertiary/aromatic N) is 3. The number of carbonyl (C=O) groups excluding carboxylic acids is 2. The molecule has 2 aliphatic rings. The number of anilines is 1. The van der Waals surface area contributed by atoms with Gasteiger partial charge in [0.2, 0.25) is 17.7 Å². The molecule has 152 valence electrons. The first-order chi connectivity index (χ1) is 14.0. The number of hydrogen-bond donors (Lipinski definition) is 0. The fourth-order valence-corrected chi connectivity index (χ4v) is 4.06. The van der Waals surface area contributed by atoms with E-state index in [1.54, 1.807) is 11.1 Å². The Bertz CT molecular complexity index is 891. The van der Waals surface area contributed by atoms with Crippen LogP contribution in [-0.2, 0) is 9.59 Å². The molecule has 0 N–H and O–H groups in total. The molecule has 1 aromatic carbocycles. The maximum Gasteiger partial charge on any atom is 0.228 e. The number of aryl methyl sites for hydroxylation is 2. The Labute approximate surface area is 171 Å². The summed E-state index contributed by atoms with van der Waals surface area (Å²) in [6, 6.07) is 11.6. The summed E-state index contributed by atoms with van der Waals surface area (Å²) in [6.45, 7) is 5.87. The van der Waals surface area contributed by atoms with Crippen molar-refractivity contribution in [1.82, 2.24) is 9.88 Å². The van der Waals surface area contributed by atoms with E-state index in [2.05, 4.69) is 11.9 Å². The fraction of sp³-hybridized carbons (Fsp3) is 0.435. The Hall–Kier alpha value is -2.89. The predicted molar refractivity (Wildman–Crippen MR) is 111 cm³/mol.